The Labute approximate surface area is 193 Å². The van der Waals surface area contributed by atoms with E-state index in [0.29, 0.717) is 13.1 Å². The van der Waals surface area contributed by atoms with Crippen LogP contribution in [0.3, 0.4) is 0 Å². The number of amides is 1. The average molecular weight is 442 g/mol. The summed E-state index contributed by atoms with van der Waals surface area (Å²) in [7, 11) is 0. The van der Waals surface area contributed by atoms with Crippen LogP contribution in [0, 0.1) is 19.7 Å². The smallest absolute Gasteiger partial charge is 0.253 e. The van der Waals surface area contributed by atoms with Crippen molar-refractivity contribution in [3.63, 3.8) is 0 Å². The predicted octanol–water partition coefficient (Wildman–Crippen LogP) is 5.41. The van der Waals surface area contributed by atoms with Crippen molar-refractivity contribution in [1.29, 1.82) is 0 Å². The van der Waals surface area contributed by atoms with Gasteiger partial charge < -0.3 is 14.4 Å². The Kier molecular flexibility index (Phi) is 5.63. The van der Waals surface area contributed by atoms with E-state index in [1.807, 2.05) is 23.1 Å². The van der Waals surface area contributed by atoms with Crippen molar-refractivity contribution in [3.05, 3.63) is 101 Å². The molecule has 0 radical (unpaired) electrons. The number of fused-ring (bicyclic) bond motifs is 1. The summed E-state index contributed by atoms with van der Waals surface area (Å²) in [5.41, 5.74) is 6.60. The number of hydrogen-bond acceptors (Lipinski definition) is 2. The second kappa shape index (κ2) is 8.74. The third kappa shape index (κ3) is 4.11. The van der Waals surface area contributed by atoms with Gasteiger partial charge in [0.1, 0.15) is 5.82 Å². The van der Waals surface area contributed by atoms with Crippen molar-refractivity contribution in [3.8, 4) is 0 Å². The van der Waals surface area contributed by atoms with Gasteiger partial charge in [0.15, 0.2) is 0 Å². The Balaban J connectivity index is 1.34. The highest BCUT2D eigenvalue weighted by molar-refractivity contribution is 5.99. The van der Waals surface area contributed by atoms with Crippen molar-refractivity contribution in [2.45, 2.75) is 20.4 Å². The number of halogens is 1. The van der Waals surface area contributed by atoms with Crippen LogP contribution in [-0.2, 0) is 6.54 Å². The molecule has 0 atom stereocenters. The van der Waals surface area contributed by atoms with E-state index in [2.05, 4.69) is 53.6 Å². The first kappa shape index (κ1) is 21.3. The molecule has 1 aromatic heterocycles. The maximum Gasteiger partial charge on any atom is 0.253 e. The number of piperazine rings is 1. The van der Waals surface area contributed by atoms with Crippen molar-refractivity contribution in [2.75, 3.05) is 31.1 Å². The zero-order valence-electron chi connectivity index (χ0n) is 19.1. The lowest BCUT2D eigenvalue weighted by atomic mass is 10.1. The summed E-state index contributed by atoms with van der Waals surface area (Å²) in [5.74, 6) is -0.158. The van der Waals surface area contributed by atoms with Gasteiger partial charge in [-0.1, -0.05) is 30.3 Å². The highest BCUT2D eigenvalue weighted by Crippen LogP contribution is 2.28. The molecule has 0 aliphatic carbocycles. The van der Waals surface area contributed by atoms with Gasteiger partial charge in [0.2, 0.25) is 0 Å². The number of benzene rings is 3. The van der Waals surface area contributed by atoms with Crippen molar-refractivity contribution >= 4 is 22.5 Å². The fourth-order valence-corrected chi connectivity index (χ4v) is 4.75. The Hall–Kier alpha value is -3.60. The first-order chi connectivity index (χ1) is 16.0. The molecule has 0 bridgehead atoms. The first-order valence-electron chi connectivity index (χ1n) is 11.4. The Bertz CT molecular complexity index is 1290. The number of aryl methyl sites for hydroxylation is 1. The zero-order valence-corrected chi connectivity index (χ0v) is 19.1. The standard InChI is InChI=1S/C28H28FN3O/c1-20-21(2)32(19-22-6-4-3-5-7-22)27-13-8-23(18-26(20)27)28(33)31-16-14-30(15-17-31)25-11-9-24(29)10-12-25/h3-13,18H,14-17,19H2,1-2H3. The van der Waals surface area contributed by atoms with Gasteiger partial charge in [-0.2, -0.15) is 0 Å². The summed E-state index contributed by atoms with van der Waals surface area (Å²) in [6.45, 7) is 7.89. The second-order valence-corrected chi connectivity index (χ2v) is 8.77. The zero-order chi connectivity index (χ0) is 22.9. The van der Waals surface area contributed by atoms with E-state index in [-0.39, 0.29) is 11.7 Å². The van der Waals surface area contributed by atoms with E-state index in [1.54, 1.807) is 12.1 Å². The van der Waals surface area contributed by atoms with Crippen molar-refractivity contribution < 1.29 is 9.18 Å². The molecule has 1 amide bonds. The number of carbonyl (C=O) groups excluding carboxylic acids is 1. The molecule has 0 unspecified atom stereocenters. The molecule has 1 aliphatic rings. The van der Waals surface area contributed by atoms with E-state index < -0.39 is 0 Å². The normalized spacial score (nSPS) is 14.2. The highest BCUT2D eigenvalue weighted by atomic mass is 19.1. The molecule has 3 aromatic carbocycles. The quantitative estimate of drug-likeness (QED) is 0.424. The Morgan fingerprint density at radius 3 is 2.27 bits per heavy atom. The summed E-state index contributed by atoms with van der Waals surface area (Å²) < 4.78 is 15.5. The van der Waals surface area contributed by atoms with Gasteiger partial charge >= 0.3 is 0 Å². The maximum absolute atomic E-state index is 13.3. The number of nitrogens with zero attached hydrogens (tertiary/aromatic N) is 3. The monoisotopic (exact) mass is 441 g/mol. The number of aromatic nitrogens is 1. The minimum atomic E-state index is -0.230. The van der Waals surface area contributed by atoms with Crippen LogP contribution in [0.15, 0.2) is 72.8 Å². The van der Waals surface area contributed by atoms with Crippen molar-refractivity contribution in [1.82, 2.24) is 9.47 Å². The first-order valence-corrected chi connectivity index (χ1v) is 11.4. The summed E-state index contributed by atoms with van der Waals surface area (Å²) in [6, 6.07) is 23.1. The molecule has 168 valence electrons. The number of hydrogen-bond donors (Lipinski definition) is 0. The van der Waals surface area contributed by atoms with Gasteiger partial charge in [-0.15, -0.1) is 0 Å². The lowest BCUT2D eigenvalue weighted by Gasteiger charge is -2.36. The van der Waals surface area contributed by atoms with Gasteiger partial charge in [-0.05, 0) is 67.4 Å². The van der Waals surface area contributed by atoms with Crippen LogP contribution in [0.2, 0.25) is 0 Å². The molecule has 1 fully saturated rings. The number of anilines is 1. The van der Waals surface area contributed by atoms with E-state index in [0.717, 1.165) is 41.8 Å². The van der Waals surface area contributed by atoms with Crippen LogP contribution >= 0.6 is 0 Å². The largest absolute Gasteiger partial charge is 0.368 e. The number of rotatable bonds is 4. The lowest BCUT2D eigenvalue weighted by molar-refractivity contribution is 0.0747. The second-order valence-electron chi connectivity index (χ2n) is 8.77. The molecule has 0 N–H and O–H groups in total. The average Bonchev–Trinajstić information content (AvgIpc) is 3.09. The van der Waals surface area contributed by atoms with Crippen LogP contribution in [0.4, 0.5) is 10.1 Å². The van der Waals surface area contributed by atoms with E-state index in [1.165, 1.54) is 29.0 Å². The van der Waals surface area contributed by atoms with Crippen molar-refractivity contribution in [2.24, 2.45) is 0 Å². The van der Waals surface area contributed by atoms with E-state index >= 15 is 0 Å². The van der Waals surface area contributed by atoms with E-state index in [4.69, 9.17) is 0 Å². The van der Waals surface area contributed by atoms with Gasteiger partial charge in [-0.25, -0.2) is 4.39 Å². The Morgan fingerprint density at radius 1 is 0.879 bits per heavy atom. The maximum atomic E-state index is 13.3. The molecule has 33 heavy (non-hydrogen) atoms. The minimum absolute atomic E-state index is 0.0727. The fourth-order valence-electron chi connectivity index (χ4n) is 4.75. The molecule has 4 nitrogen and oxygen atoms in total. The molecule has 5 rings (SSSR count). The van der Waals surface area contributed by atoms with Crippen LogP contribution in [-0.4, -0.2) is 41.6 Å². The molecule has 5 heteroatoms. The molecule has 0 saturated carbocycles. The summed E-state index contributed by atoms with van der Waals surface area (Å²) in [5, 5.41) is 1.14. The summed E-state index contributed by atoms with van der Waals surface area (Å²) in [4.78, 5) is 17.4. The van der Waals surface area contributed by atoms with Crippen LogP contribution in [0.5, 0.6) is 0 Å². The van der Waals surface area contributed by atoms with Gasteiger partial charge in [0, 0.05) is 60.6 Å². The SMILES string of the molecule is Cc1c(C)n(Cc2ccccc2)c2ccc(C(=O)N3CCN(c4ccc(F)cc4)CC3)cc12. The molecule has 1 aliphatic heterocycles. The number of carbonyl (C=O) groups is 1. The highest BCUT2D eigenvalue weighted by Gasteiger charge is 2.23. The lowest BCUT2D eigenvalue weighted by Crippen LogP contribution is -2.48. The third-order valence-corrected chi connectivity index (χ3v) is 6.83. The van der Waals surface area contributed by atoms with Crippen LogP contribution in [0.25, 0.3) is 10.9 Å². The third-order valence-electron chi connectivity index (χ3n) is 6.83. The fraction of sp³-hybridized carbons (Fsp3) is 0.250. The van der Waals surface area contributed by atoms with Gasteiger partial charge in [-0.3, -0.25) is 4.79 Å². The minimum Gasteiger partial charge on any atom is -0.368 e. The predicted molar refractivity (Wildman–Crippen MR) is 131 cm³/mol. The molecule has 0 spiro atoms. The summed E-state index contributed by atoms with van der Waals surface area (Å²) >= 11 is 0. The van der Waals surface area contributed by atoms with Crippen LogP contribution < -0.4 is 4.90 Å². The van der Waals surface area contributed by atoms with Crippen LogP contribution in [0.1, 0.15) is 27.2 Å². The topological polar surface area (TPSA) is 28.5 Å². The molecule has 2 heterocycles. The molecular weight excluding hydrogens is 413 g/mol. The molecule has 4 aromatic rings. The van der Waals surface area contributed by atoms with E-state index in [9.17, 15) is 9.18 Å². The molecular formula is C28H28FN3O. The summed E-state index contributed by atoms with van der Waals surface area (Å²) in [6.07, 6.45) is 0. The molecule has 1 saturated heterocycles. The Morgan fingerprint density at radius 2 is 1.58 bits per heavy atom. The van der Waals surface area contributed by atoms with Gasteiger partial charge in [0.05, 0.1) is 0 Å². The van der Waals surface area contributed by atoms with Gasteiger partial charge in [0.25, 0.3) is 5.91 Å².